The number of aryl methyl sites for hydroxylation is 2. The molecule has 2 aromatic rings. The quantitative estimate of drug-likeness (QED) is 0.297. The Balaban J connectivity index is 0.00000264. The van der Waals surface area contributed by atoms with Gasteiger partial charge in [-0.15, -0.1) is 35.3 Å². The second-order valence-corrected chi connectivity index (χ2v) is 5.97. The predicted molar refractivity (Wildman–Crippen MR) is 110 cm³/mol. The van der Waals surface area contributed by atoms with E-state index in [1.54, 1.807) is 18.4 Å². The summed E-state index contributed by atoms with van der Waals surface area (Å²) in [5.41, 5.74) is 2.45. The normalized spacial score (nSPS) is 11.0. The van der Waals surface area contributed by atoms with E-state index in [1.165, 1.54) is 10.6 Å². The lowest BCUT2D eigenvalue weighted by atomic mass is 10.1. The molecule has 0 radical (unpaired) electrons. The number of hydrogen-bond acceptors (Lipinski definition) is 3. The number of benzene rings is 1. The largest absolute Gasteiger partial charge is 0.356 e. The Morgan fingerprint density at radius 3 is 2.65 bits per heavy atom. The molecular weight excluding hydrogens is 419 g/mol. The van der Waals surface area contributed by atoms with Gasteiger partial charge in [-0.1, -0.05) is 37.3 Å². The van der Waals surface area contributed by atoms with Gasteiger partial charge < -0.3 is 10.6 Å². The molecule has 6 heteroatoms. The molecular formula is C17H25IN4S. The molecule has 0 aliphatic heterocycles. The van der Waals surface area contributed by atoms with E-state index in [4.69, 9.17) is 0 Å². The van der Waals surface area contributed by atoms with Crippen molar-refractivity contribution in [1.82, 2.24) is 15.6 Å². The highest BCUT2D eigenvalue weighted by Gasteiger charge is 2.02. The van der Waals surface area contributed by atoms with Crippen LogP contribution in [0.5, 0.6) is 0 Å². The van der Waals surface area contributed by atoms with Gasteiger partial charge >= 0.3 is 0 Å². The van der Waals surface area contributed by atoms with E-state index in [-0.39, 0.29) is 24.0 Å². The fourth-order valence-corrected chi connectivity index (χ4v) is 2.88. The van der Waals surface area contributed by atoms with Gasteiger partial charge in [-0.25, -0.2) is 4.98 Å². The molecule has 0 aliphatic carbocycles. The molecule has 1 aromatic heterocycles. The fraction of sp³-hybridized carbons (Fsp3) is 0.412. The zero-order valence-corrected chi connectivity index (χ0v) is 16.9. The summed E-state index contributed by atoms with van der Waals surface area (Å²) in [7, 11) is 1.80. The minimum absolute atomic E-state index is 0. The van der Waals surface area contributed by atoms with Gasteiger partial charge in [0.2, 0.25) is 0 Å². The number of aliphatic imine (C=N–C) groups is 1. The van der Waals surface area contributed by atoms with Crippen LogP contribution >= 0.6 is 35.3 Å². The van der Waals surface area contributed by atoms with Crippen LogP contribution in [0.3, 0.4) is 0 Å². The third kappa shape index (κ3) is 7.30. The Morgan fingerprint density at radius 2 is 2.00 bits per heavy atom. The maximum Gasteiger partial charge on any atom is 0.191 e. The molecule has 0 saturated carbocycles. The zero-order valence-electron chi connectivity index (χ0n) is 13.7. The molecule has 2 N–H and O–H groups in total. The number of aromatic nitrogens is 1. The number of halogens is 1. The SMILES string of the molecule is CCc1nc(CNC(=NC)NCCCc2ccccc2)cs1.I. The molecule has 0 bridgehead atoms. The molecule has 0 aliphatic rings. The number of rotatable bonds is 7. The van der Waals surface area contributed by atoms with Gasteiger partial charge in [-0.3, -0.25) is 4.99 Å². The van der Waals surface area contributed by atoms with Gasteiger partial charge in [-0.05, 0) is 24.8 Å². The van der Waals surface area contributed by atoms with Crippen molar-refractivity contribution in [2.24, 2.45) is 4.99 Å². The Bertz CT molecular complexity index is 583. The number of hydrogen-bond donors (Lipinski definition) is 2. The maximum absolute atomic E-state index is 4.54. The van der Waals surface area contributed by atoms with E-state index in [2.05, 4.69) is 63.2 Å². The van der Waals surface area contributed by atoms with Gasteiger partial charge in [0.15, 0.2) is 5.96 Å². The molecule has 23 heavy (non-hydrogen) atoms. The van der Waals surface area contributed by atoms with Crippen LogP contribution in [0.25, 0.3) is 0 Å². The first-order chi connectivity index (χ1) is 10.8. The van der Waals surface area contributed by atoms with Gasteiger partial charge in [0, 0.05) is 19.0 Å². The number of nitrogens with zero attached hydrogens (tertiary/aromatic N) is 2. The van der Waals surface area contributed by atoms with Crippen LogP contribution in [-0.4, -0.2) is 24.5 Å². The van der Waals surface area contributed by atoms with Crippen molar-refractivity contribution in [3.8, 4) is 0 Å². The summed E-state index contributed by atoms with van der Waals surface area (Å²) < 4.78 is 0. The van der Waals surface area contributed by atoms with E-state index in [9.17, 15) is 0 Å². The monoisotopic (exact) mass is 444 g/mol. The molecule has 0 saturated heterocycles. The Hall–Kier alpha value is -1.15. The molecule has 0 amide bonds. The predicted octanol–water partition coefficient (Wildman–Crippen LogP) is 3.62. The molecule has 0 atom stereocenters. The molecule has 1 heterocycles. The molecule has 4 nitrogen and oxygen atoms in total. The smallest absolute Gasteiger partial charge is 0.191 e. The second kappa shape index (κ2) is 11.4. The van der Waals surface area contributed by atoms with Crippen molar-refractivity contribution >= 4 is 41.3 Å². The summed E-state index contributed by atoms with van der Waals surface area (Å²) in [4.78, 5) is 8.79. The number of guanidine groups is 1. The van der Waals surface area contributed by atoms with E-state index in [0.29, 0.717) is 0 Å². The van der Waals surface area contributed by atoms with Crippen molar-refractivity contribution in [2.45, 2.75) is 32.7 Å². The lowest BCUT2D eigenvalue weighted by Gasteiger charge is -2.10. The van der Waals surface area contributed by atoms with E-state index in [0.717, 1.165) is 44.0 Å². The van der Waals surface area contributed by atoms with Crippen molar-refractivity contribution in [3.63, 3.8) is 0 Å². The van der Waals surface area contributed by atoms with E-state index < -0.39 is 0 Å². The summed E-state index contributed by atoms with van der Waals surface area (Å²) in [5.74, 6) is 0.833. The standard InChI is InChI=1S/C17H24N4S.HI/c1-3-16-21-15(13-22-16)12-20-17(18-2)19-11-7-10-14-8-5-4-6-9-14;/h4-6,8-9,13H,3,7,10-12H2,1-2H3,(H2,18,19,20);1H. The van der Waals surface area contributed by atoms with Crippen LogP contribution in [0.2, 0.25) is 0 Å². The second-order valence-electron chi connectivity index (χ2n) is 5.03. The van der Waals surface area contributed by atoms with Gasteiger partial charge in [0.25, 0.3) is 0 Å². The molecule has 1 aromatic carbocycles. The highest BCUT2D eigenvalue weighted by Crippen LogP contribution is 2.09. The fourth-order valence-electron chi connectivity index (χ4n) is 2.13. The van der Waals surface area contributed by atoms with Crippen LogP contribution in [0.15, 0.2) is 40.7 Å². The van der Waals surface area contributed by atoms with Crippen LogP contribution in [0.1, 0.15) is 29.6 Å². The van der Waals surface area contributed by atoms with Crippen LogP contribution in [0.4, 0.5) is 0 Å². The van der Waals surface area contributed by atoms with Crippen molar-refractivity contribution in [1.29, 1.82) is 0 Å². The Morgan fingerprint density at radius 1 is 1.22 bits per heavy atom. The molecule has 0 fully saturated rings. The third-order valence-corrected chi connectivity index (χ3v) is 4.38. The minimum atomic E-state index is 0. The van der Waals surface area contributed by atoms with Crippen LogP contribution in [0, 0.1) is 0 Å². The van der Waals surface area contributed by atoms with Gasteiger partial charge in [0.05, 0.1) is 17.2 Å². The van der Waals surface area contributed by atoms with Crippen molar-refractivity contribution < 1.29 is 0 Å². The molecule has 0 unspecified atom stereocenters. The van der Waals surface area contributed by atoms with Crippen molar-refractivity contribution in [3.05, 3.63) is 52.0 Å². The van der Waals surface area contributed by atoms with Gasteiger partial charge in [0.1, 0.15) is 0 Å². The van der Waals surface area contributed by atoms with Gasteiger partial charge in [-0.2, -0.15) is 0 Å². The number of thiazole rings is 1. The maximum atomic E-state index is 4.54. The van der Waals surface area contributed by atoms with Crippen LogP contribution < -0.4 is 10.6 Å². The topological polar surface area (TPSA) is 49.3 Å². The molecule has 2 rings (SSSR count). The average molecular weight is 444 g/mol. The molecule has 126 valence electrons. The Kier molecular flexibility index (Phi) is 9.86. The summed E-state index contributed by atoms with van der Waals surface area (Å²) in [6.45, 7) is 3.75. The summed E-state index contributed by atoms with van der Waals surface area (Å²) in [6.07, 6.45) is 3.16. The molecule has 0 spiro atoms. The minimum Gasteiger partial charge on any atom is -0.356 e. The van der Waals surface area contributed by atoms with E-state index >= 15 is 0 Å². The third-order valence-electron chi connectivity index (χ3n) is 3.34. The van der Waals surface area contributed by atoms with E-state index in [1.807, 2.05) is 0 Å². The average Bonchev–Trinajstić information content (AvgIpc) is 3.03. The highest BCUT2D eigenvalue weighted by atomic mass is 127. The summed E-state index contributed by atoms with van der Waals surface area (Å²) in [5, 5.41) is 9.94. The first kappa shape index (κ1) is 19.9. The first-order valence-electron chi connectivity index (χ1n) is 7.73. The van der Waals surface area contributed by atoms with Crippen LogP contribution in [-0.2, 0) is 19.4 Å². The first-order valence-corrected chi connectivity index (χ1v) is 8.61. The summed E-state index contributed by atoms with van der Waals surface area (Å²) in [6, 6.07) is 10.6. The number of nitrogens with one attached hydrogen (secondary N) is 2. The lowest BCUT2D eigenvalue weighted by molar-refractivity contribution is 0.738. The lowest BCUT2D eigenvalue weighted by Crippen LogP contribution is -2.37. The Labute approximate surface area is 159 Å². The summed E-state index contributed by atoms with van der Waals surface area (Å²) >= 11 is 1.72. The highest BCUT2D eigenvalue weighted by molar-refractivity contribution is 14.0. The van der Waals surface area contributed by atoms with Crippen molar-refractivity contribution in [2.75, 3.05) is 13.6 Å². The zero-order chi connectivity index (χ0) is 15.6.